The Labute approximate surface area is 332 Å². The van der Waals surface area contributed by atoms with Gasteiger partial charge in [-0.2, -0.15) is 0 Å². The van der Waals surface area contributed by atoms with E-state index in [1.165, 1.54) is 120 Å². The van der Waals surface area contributed by atoms with Gasteiger partial charge in [-0.15, -0.1) is 0 Å². The Balaban J connectivity index is 0.975. The smallest absolute Gasteiger partial charge is 0.0159 e. The predicted molar refractivity (Wildman–Crippen MR) is 245 cm³/mol. The summed E-state index contributed by atoms with van der Waals surface area (Å²) >= 11 is 0. The minimum absolute atomic E-state index is 0.0344. The van der Waals surface area contributed by atoms with Gasteiger partial charge in [0.1, 0.15) is 0 Å². The summed E-state index contributed by atoms with van der Waals surface area (Å²) in [6, 6.07) is 72.7. The number of hydrogen-bond donors (Lipinski definition) is 0. The van der Waals surface area contributed by atoms with Crippen LogP contribution in [0.3, 0.4) is 0 Å². The second kappa shape index (κ2) is 12.0. The summed E-state index contributed by atoms with van der Waals surface area (Å²) in [5.74, 6) is 0. The first kappa shape index (κ1) is 32.2. The fraction of sp³-hybridized carbons (Fsp3) is 0.0526. The Hall–Kier alpha value is -7.02. The van der Waals surface area contributed by atoms with E-state index < -0.39 is 0 Å². The summed E-state index contributed by atoms with van der Waals surface area (Å²) in [5, 5.41) is 15.5. The van der Waals surface area contributed by atoms with E-state index in [1.807, 2.05) is 0 Å². The van der Waals surface area contributed by atoms with Crippen molar-refractivity contribution in [2.45, 2.75) is 19.3 Å². The number of hydrogen-bond acceptors (Lipinski definition) is 0. The molecule has 12 rings (SSSR count). The van der Waals surface area contributed by atoms with Gasteiger partial charge in [-0.3, -0.25) is 0 Å². The predicted octanol–water partition coefficient (Wildman–Crippen LogP) is 15.9. The average molecular weight is 723 g/mol. The van der Waals surface area contributed by atoms with Gasteiger partial charge in [0.05, 0.1) is 0 Å². The Bertz CT molecular complexity index is 3490. The minimum atomic E-state index is -0.0344. The van der Waals surface area contributed by atoms with E-state index in [0.717, 1.165) is 0 Å². The fourth-order valence-corrected chi connectivity index (χ4v) is 10.3. The SMILES string of the molecule is CC1(C)c2ccccc2-c2ccc(-c3ccc(-c4ccc5cc(-c6cc7c8ccccc8c8ccccc8c7c7ccccc67)ccc5c4)c4ccccc34)cc21. The minimum Gasteiger partial charge on any atom is -0.0619 e. The molecule has 0 aliphatic heterocycles. The summed E-state index contributed by atoms with van der Waals surface area (Å²) in [4.78, 5) is 0. The van der Waals surface area contributed by atoms with Crippen LogP contribution in [0.5, 0.6) is 0 Å². The van der Waals surface area contributed by atoms with Crippen LogP contribution in [0.2, 0.25) is 0 Å². The molecule has 0 amide bonds. The summed E-state index contributed by atoms with van der Waals surface area (Å²) in [6.07, 6.45) is 0. The highest BCUT2D eigenvalue weighted by Gasteiger charge is 2.35. The van der Waals surface area contributed by atoms with Gasteiger partial charge in [0.25, 0.3) is 0 Å². The highest BCUT2D eigenvalue weighted by atomic mass is 14.4. The Kier molecular flexibility index (Phi) is 6.78. The zero-order valence-corrected chi connectivity index (χ0v) is 32.0. The second-order valence-corrected chi connectivity index (χ2v) is 16.4. The molecule has 0 saturated carbocycles. The van der Waals surface area contributed by atoms with Gasteiger partial charge in [-0.1, -0.05) is 184 Å². The molecule has 11 aromatic carbocycles. The van der Waals surface area contributed by atoms with Crippen LogP contribution in [0.1, 0.15) is 25.0 Å². The van der Waals surface area contributed by atoms with Gasteiger partial charge < -0.3 is 0 Å². The van der Waals surface area contributed by atoms with Crippen molar-refractivity contribution in [3.8, 4) is 44.5 Å². The third kappa shape index (κ3) is 4.68. The third-order valence-electron chi connectivity index (χ3n) is 13.0. The average Bonchev–Trinajstić information content (AvgIpc) is 3.50. The van der Waals surface area contributed by atoms with Crippen LogP contribution in [0.4, 0.5) is 0 Å². The van der Waals surface area contributed by atoms with Crippen molar-refractivity contribution >= 4 is 64.6 Å². The maximum absolute atomic E-state index is 2.44. The van der Waals surface area contributed by atoms with E-state index in [0.29, 0.717) is 0 Å². The molecule has 0 heteroatoms. The van der Waals surface area contributed by atoms with Crippen molar-refractivity contribution in [1.29, 1.82) is 0 Å². The Morgan fingerprint density at radius 2 is 0.667 bits per heavy atom. The highest BCUT2D eigenvalue weighted by Crippen LogP contribution is 2.50. The molecule has 0 saturated heterocycles. The van der Waals surface area contributed by atoms with Crippen molar-refractivity contribution in [2.75, 3.05) is 0 Å². The molecule has 0 bridgehead atoms. The van der Waals surface area contributed by atoms with E-state index in [1.54, 1.807) is 0 Å². The molecule has 0 aromatic heterocycles. The van der Waals surface area contributed by atoms with Crippen LogP contribution in [0.25, 0.3) is 109 Å². The van der Waals surface area contributed by atoms with Gasteiger partial charge in [-0.25, -0.2) is 0 Å². The first-order valence-corrected chi connectivity index (χ1v) is 20.1. The lowest BCUT2D eigenvalue weighted by molar-refractivity contribution is 0.660. The van der Waals surface area contributed by atoms with E-state index >= 15 is 0 Å². The van der Waals surface area contributed by atoms with Gasteiger partial charge in [0.2, 0.25) is 0 Å². The Morgan fingerprint density at radius 1 is 0.263 bits per heavy atom. The van der Waals surface area contributed by atoms with Crippen molar-refractivity contribution in [3.05, 3.63) is 205 Å². The maximum Gasteiger partial charge on any atom is 0.0159 e. The molecule has 0 atom stereocenters. The van der Waals surface area contributed by atoms with Crippen molar-refractivity contribution in [3.63, 3.8) is 0 Å². The number of fused-ring (bicyclic) bond motifs is 13. The van der Waals surface area contributed by atoms with Crippen molar-refractivity contribution in [2.24, 2.45) is 0 Å². The molecule has 11 aromatic rings. The van der Waals surface area contributed by atoms with Crippen LogP contribution in [0.15, 0.2) is 194 Å². The topological polar surface area (TPSA) is 0 Å². The van der Waals surface area contributed by atoms with Crippen LogP contribution < -0.4 is 0 Å². The van der Waals surface area contributed by atoms with Crippen molar-refractivity contribution < 1.29 is 0 Å². The van der Waals surface area contributed by atoms with Crippen LogP contribution >= 0.6 is 0 Å². The van der Waals surface area contributed by atoms with Gasteiger partial charge in [-0.05, 0) is 145 Å². The number of benzene rings is 11. The van der Waals surface area contributed by atoms with Crippen LogP contribution in [0, 0.1) is 0 Å². The van der Waals surface area contributed by atoms with E-state index in [2.05, 4.69) is 208 Å². The van der Waals surface area contributed by atoms with Gasteiger partial charge in [0.15, 0.2) is 0 Å². The van der Waals surface area contributed by atoms with E-state index in [-0.39, 0.29) is 5.41 Å². The molecular formula is C57H38. The molecule has 1 aliphatic rings. The molecule has 0 spiro atoms. The largest absolute Gasteiger partial charge is 0.0619 e. The van der Waals surface area contributed by atoms with Gasteiger partial charge >= 0.3 is 0 Å². The second-order valence-electron chi connectivity index (χ2n) is 16.4. The lowest BCUT2D eigenvalue weighted by atomic mass is 9.81. The lowest BCUT2D eigenvalue weighted by Gasteiger charge is -2.22. The summed E-state index contributed by atoms with van der Waals surface area (Å²) in [7, 11) is 0. The number of rotatable bonds is 3. The van der Waals surface area contributed by atoms with Crippen LogP contribution in [-0.2, 0) is 5.41 Å². The maximum atomic E-state index is 2.44. The molecule has 1 aliphatic carbocycles. The molecule has 0 fully saturated rings. The fourth-order valence-electron chi connectivity index (χ4n) is 10.3. The molecule has 57 heavy (non-hydrogen) atoms. The molecule has 0 unspecified atom stereocenters. The standard InChI is InChI=1S/C57H38/c1-57(2)54-22-12-11-19-48(54)49-28-27-39(33-55(49)57)41-30-29-40(42-13-3-4-14-43(41)42)37-25-23-36-32-38(26-24-35(36)31-37)52-34-53-46-17-6-5-15-44(46)45-16-7-9-20-50(45)56(53)51-21-10-8-18-47(51)52/h3-34H,1-2H3. The quantitative estimate of drug-likeness (QED) is 0.159. The Morgan fingerprint density at radius 3 is 1.30 bits per heavy atom. The highest BCUT2D eigenvalue weighted by molar-refractivity contribution is 6.33. The molecule has 266 valence electrons. The molecule has 0 nitrogen and oxygen atoms in total. The zero-order chi connectivity index (χ0) is 37.8. The first-order valence-electron chi connectivity index (χ1n) is 20.1. The first-order chi connectivity index (χ1) is 28.0. The van der Waals surface area contributed by atoms with Crippen LogP contribution in [-0.4, -0.2) is 0 Å². The summed E-state index contributed by atoms with van der Waals surface area (Å²) in [6.45, 7) is 4.72. The molecular weight excluding hydrogens is 685 g/mol. The monoisotopic (exact) mass is 722 g/mol. The van der Waals surface area contributed by atoms with Crippen molar-refractivity contribution in [1.82, 2.24) is 0 Å². The third-order valence-corrected chi connectivity index (χ3v) is 13.0. The van der Waals surface area contributed by atoms with E-state index in [4.69, 9.17) is 0 Å². The molecule has 0 N–H and O–H groups in total. The zero-order valence-electron chi connectivity index (χ0n) is 32.0. The molecule has 0 heterocycles. The van der Waals surface area contributed by atoms with Gasteiger partial charge in [0, 0.05) is 5.41 Å². The molecule has 0 radical (unpaired) electrons. The summed E-state index contributed by atoms with van der Waals surface area (Å²) in [5.41, 5.74) is 13.0. The van der Waals surface area contributed by atoms with E-state index in [9.17, 15) is 0 Å². The summed E-state index contributed by atoms with van der Waals surface area (Å²) < 4.78 is 0. The lowest BCUT2D eigenvalue weighted by Crippen LogP contribution is -2.14. The normalized spacial score (nSPS) is 13.2.